The van der Waals surface area contributed by atoms with E-state index in [0.29, 0.717) is 62.8 Å². The van der Waals surface area contributed by atoms with Crippen molar-refractivity contribution in [3.8, 4) is 11.5 Å². The molecule has 8 nitrogen and oxygen atoms in total. The van der Waals surface area contributed by atoms with E-state index in [1.165, 1.54) is 0 Å². The van der Waals surface area contributed by atoms with Gasteiger partial charge in [-0.1, -0.05) is 24.3 Å². The largest absolute Gasteiger partial charge is 0.493 e. The molecule has 0 saturated carbocycles. The molecule has 3 heterocycles. The van der Waals surface area contributed by atoms with Crippen LogP contribution in [0, 0.1) is 0 Å². The van der Waals surface area contributed by atoms with Gasteiger partial charge in [-0.05, 0) is 29.3 Å². The van der Waals surface area contributed by atoms with Gasteiger partial charge in [-0.25, -0.2) is 0 Å². The maximum Gasteiger partial charge on any atom is 0.255 e. The number of hydrogen-bond acceptors (Lipinski definition) is 6. The second-order valence-corrected chi connectivity index (χ2v) is 8.91. The molecule has 1 unspecified atom stereocenters. The molecule has 0 aliphatic carbocycles. The van der Waals surface area contributed by atoms with E-state index >= 15 is 0 Å². The van der Waals surface area contributed by atoms with Crippen molar-refractivity contribution in [1.29, 1.82) is 0 Å². The third-order valence-electron chi connectivity index (χ3n) is 7.08. The van der Waals surface area contributed by atoms with Gasteiger partial charge in [-0.15, -0.1) is 0 Å². The predicted molar refractivity (Wildman–Crippen MR) is 124 cm³/mol. The molecule has 3 aliphatic rings. The molecule has 2 saturated heterocycles. The Kier molecular flexibility index (Phi) is 6.18. The summed E-state index contributed by atoms with van der Waals surface area (Å²) in [5.74, 6) is 0.582. The Bertz CT molecular complexity index is 1070. The van der Waals surface area contributed by atoms with E-state index in [4.69, 9.17) is 18.9 Å². The highest BCUT2D eigenvalue weighted by Crippen LogP contribution is 2.38. The summed E-state index contributed by atoms with van der Waals surface area (Å²) in [6.07, 6.45) is 1.51. The number of likely N-dealkylation sites (tertiary alicyclic amines) is 1. The van der Waals surface area contributed by atoms with Crippen LogP contribution in [-0.2, 0) is 20.8 Å². The van der Waals surface area contributed by atoms with Crippen molar-refractivity contribution in [2.75, 3.05) is 40.5 Å². The van der Waals surface area contributed by atoms with Crippen molar-refractivity contribution in [1.82, 2.24) is 9.80 Å². The topological polar surface area (TPSA) is 77.5 Å². The summed E-state index contributed by atoms with van der Waals surface area (Å²) in [5.41, 5.74) is 2.50. The third-order valence-corrected chi connectivity index (χ3v) is 7.08. The fraction of sp³-hybridized carbons (Fsp3) is 0.462. The number of carbonyl (C=O) groups is 2. The lowest BCUT2D eigenvalue weighted by Crippen LogP contribution is -2.48. The summed E-state index contributed by atoms with van der Waals surface area (Å²) in [7, 11) is 3.16. The molecule has 8 heteroatoms. The summed E-state index contributed by atoms with van der Waals surface area (Å²) in [6, 6.07) is 12.8. The van der Waals surface area contributed by atoms with E-state index < -0.39 is 11.8 Å². The molecule has 2 fully saturated rings. The Morgan fingerprint density at radius 2 is 1.74 bits per heavy atom. The fourth-order valence-corrected chi connectivity index (χ4v) is 5.17. The lowest BCUT2D eigenvalue weighted by molar-refractivity contribution is -0.187. The van der Waals surface area contributed by atoms with Crippen LogP contribution in [0.5, 0.6) is 11.5 Å². The van der Waals surface area contributed by atoms with Crippen molar-refractivity contribution in [2.45, 2.75) is 37.6 Å². The molecule has 34 heavy (non-hydrogen) atoms. The number of carbonyl (C=O) groups excluding carboxylic acids is 2. The van der Waals surface area contributed by atoms with Gasteiger partial charge in [0.25, 0.3) is 5.91 Å². The second kappa shape index (κ2) is 9.27. The molecular formula is C26H30N2O6. The molecule has 1 spiro atoms. The number of rotatable bonds is 6. The predicted octanol–water partition coefficient (Wildman–Crippen LogP) is 3.16. The fourth-order valence-electron chi connectivity index (χ4n) is 5.17. The van der Waals surface area contributed by atoms with Gasteiger partial charge in [0.2, 0.25) is 5.91 Å². The van der Waals surface area contributed by atoms with Gasteiger partial charge in [0.1, 0.15) is 0 Å². The van der Waals surface area contributed by atoms with Gasteiger partial charge in [-0.2, -0.15) is 0 Å². The standard InChI is InChI=1S/C26H30N2O6/c1-31-22-8-7-18(15-23(22)32-2)21(28-17-19-5-3-4-6-20(19)25(28)30)16-24(29)27-11-9-26(10-12-27)33-13-14-34-26/h3-8,15,21H,9-14,16-17H2,1-2H3. The van der Waals surface area contributed by atoms with Crippen molar-refractivity contribution in [3.05, 3.63) is 59.2 Å². The first-order chi connectivity index (χ1) is 16.5. The van der Waals surface area contributed by atoms with Crippen LogP contribution in [0.4, 0.5) is 0 Å². The van der Waals surface area contributed by atoms with E-state index in [1.54, 1.807) is 19.1 Å². The van der Waals surface area contributed by atoms with E-state index in [-0.39, 0.29) is 18.2 Å². The van der Waals surface area contributed by atoms with Gasteiger partial charge < -0.3 is 28.7 Å². The Hall–Kier alpha value is -3.10. The van der Waals surface area contributed by atoms with Gasteiger partial charge >= 0.3 is 0 Å². The first kappa shape index (κ1) is 22.7. The first-order valence-electron chi connectivity index (χ1n) is 11.7. The monoisotopic (exact) mass is 466 g/mol. The number of amides is 2. The molecule has 2 aromatic carbocycles. The number of ether oxygens (including phenoxy) is 4. The molecule has 0 N–H and O–H groups in total. The van der Waals surface area contributed by atoms with Gasteiger partial charge in [-0.3, -0.25) is 9.59 Å². The maximum absolute atomic E-state index is 13.4. The summed E-state index contributed by atoms with van der Waals surface area (Å²) >= 11 is 0. The average molecular weight is 467 g/mol. The maximum atomic E-state index is 13.4. The Morgan fingerprint density at radius 3 is 2.41 bits per heavy atom. The molecular weight excluding hydrogens is 436 g/mol. The van der Waals surface area contributed by atoms with E-state index in [0.717, 1.165) is 11.1 Å². The van der Waals surface area contributed by atoms with Gasteiger partial charge in [0, 0.05) is 38.0 Å². The first-order valence-corrected chi connectivity index (χ1v) is 11.7. The average Bonchev–Trinajstić information content (AvgIpc) is 3.47. The molecule has 0 radical (unpaired) electrons. The zero-order chi connectivity index (χ0) is 23.7. The highest BCUT2D eigenvalue weighted by Gasteiger charge is 2.42. The van der Waals surface area contributed by atoms with E-state index in [2.05, 4.69) is 0 Å². The van der Waals surface area contributed by atoms with Crippen LogP contribution in [0.3, 0.4) is 0 Å². The van der Waals surface area contributed by atoms with Gasteiger partial charge in [0.05, 0.1) is 39.9 Å². The number of nitrogens with zero attached hydrogens (tertiary/aromatic N) is 2. The lowest BCUT2D eigenvalue weighted by atomic mass is 9.98. The summed E-state index contributed by atoms with van der Waals surface area (Å²) < 4.78 is 22.5. The van der Waals surface area contributed by atoms with Crippen LogP contribution >= 0.6 is 0 Å². The molecule has 2 aromatic rings. The molecule has 0 bridgehead atoms. The van der Waals surface area contributed by atoms with E-state index in [1.807, 2.05) is 47.4 Å². The van der Waals surface area contributed by atoms with Crippen molar-refractivity contribution in [3.63, 3.8) is 0 Å². The SMILES string of the molecule is COc1ccc(C(CC(=O)N2CCC3(CC2)OCCO3)N2Cc3ccccc3C2=O)cc1OC. The minimum atomic E-state index is -0.536. The summed E-state index contributed by atoms with van der Waals surface area (Å²) in [4.78, 5) is 30.4. The van der Waals surface area contributed by atoms with Crippen molar-refractivity contribution >= 4 is 11.8 Å². The lowest BCUT2D eigenvalue weighted by Gasteiger charge is -2.38. The van der Waals surface area contributed by atoms with Crippen LogP contribution < -0.4 is 9.47 Å². The minimum absolute atomic E-state index is 0.0105. The Balaban J connectivity index is 1.40. The number of piperidine rings is 1. The zero-order valence-electron chi connectivity index (χ0n) is 19.6. The molecule has 180 valence electrons. The summed E-state index contributed by atoms with van der Waals surface area (Å²) in [5, 5.41) is 0. The van der Waals surface area contributed by atoms with Crippen molar-refractivity contribution < 1.29 is 28.5 Å². The van der Waals surface area contributed by atoms with Crippen LogP contribution in [-0.4, -0.2) is 67.9 Å². The molecule has 3 aliphatic heterocycles. The normalized spacial score (nSPS) is 19.9. The van der Waals surface area contributed by atoms with Gasteiger partial charge in [0.15, 0.2) is 17.3 Å². The van der Waals surface area contributed by atoms with Crippen LogP contribution in [0.15, 0.2) is 42.5 Å². The summed E-state index contributed by atoms with van der Waals surface area (Å²) in [6.45, 7) is 2.82. The zero-order valence-corrected chi connectivity index (χ0v) is 19.6. The third kappa shape index (κ3) is 4.12. The quantitative estimate of drug-likeness (QED) is 0.651. The van der Waals surface area contributed by atoms with E-state index in [9.17, 15) is 9.59 Å². The van der Waals surface area contributed by atoms with Crippen LogP contribution in [0.2, 0.25) is 0 Å². The number of hydrogen-bond donors (Lipinski definition) is 0. The van der Waals surface area contributed by atoms with Crippen LogP contribution in [0.25, 0.3) is 0 Å². The van der Waals surface area contributed by atoms with Crippen molar-refractivity contribution in [2.24, 2.45) is 0 Å². The molecule has 0 aromatic heterocycles. The second-order valence-electron chi connectivity index (χ2n) is 8.91. The highest BCUT2D eigenvalue weighted by atomic mass is 16.7. The Morgan fingerprint density at radius 1 is 1.03 bits per heavy atom. The number of benzene rings is 2. The van der Waals surface area contributed by atoms with Crippen LogP contribution in [0.1, 0.15) is 46.8 Å². The number of methoxy groups -OCH3 is 2. The smallest absolute Gasteiger partial charge is 0.255 e. The highest BCUT2D eigenvalue weighted by molar-refractivity contribution is 5.98. The molecule has 2 amide bonds. The molecule has 1 atom stereocenters. The number of fused-ring (bicyclic) bond motifs is 1. The Labute approximate surface area is 199 Å². The molecule has 5 rings (SSSR count). The minimum Gasteiger partial charge on any atom is -0.493 e.